The number of rotatable bonds is 5. The van der Waals surface area contributed by atoms with Gasteiger partial charge in [0.15, 0.2) is 11.6 Å². The molecule has 20 heavy (non-hydrogen) atoms. The lowest BCUT2D eigenvalue weighted by molar-refractivity contribution is 0.504. The predicted octanol–water partition coefficient (Wildman–Crippen LogP) is 3.65. The van der Waals surface area contributed by atoms with Crippen LogP contribution in [0.5, 0.6) is 0 Å². The van der Waals surface area contributed by atoms with Crippen LogP contribution in [0.15, 0.2) is 42.5 Å². The van der Waals surface area contributed by atoms with Crippen molar-refractivity contribution >= 4 is 0 Å². The van der Waals surface area contributed by atoms with Crippen molar-refractivity contribution in [2.24, 2.45) is 0 Å². The Morgan fingerprint density at radius 3 is 2.35 bits per heavy atom. The van der Waals surface area contributed by atoms with E-state index in [1.165, 1.54) is 18.2 Å². The van der Waals surface area contributed by atoms with Crippen LogP contribution in [0.4, 0.5) is 13.2 Å². The fourth-order valence-electron chi connectivity index (χ4n) is 2.30. The fourth-order valence-corrected chi connectivity index (χ4v) is 2.30. The molecule has 106 valence electrons. The van der Waals surface area contributed by atoms with E-state index in [1.807, 2.05) is 0 Å². The number of likely N-dealkylation sites (N-methyl/N-ethyl adjacent to an activating group) is 1. The summed E-state index contributed by atoms with van der Waals surface area (Å²) in [5.74, 6) is -2.16. The zero-order valence-electron chi connectivity index (χ0n) is 11.2. The molecule has 2 aromatic rings. The molecule has 1 nitrogen and oxygen atoms in total. The third kappa shape index (κ3) is 3.39. The van der Waals surface area contributed by atoms with E-state index in [2.05, 4.69) is 5.32 Å². The zero-order valence-corrected chi connectivity index (χ0v) is 11.2. The largest absolute Gasteiger partial charge is 0.319 e. The van der Waals surface area contributed by atoms with E-state index < -0.39 is 11.6 Å². The first-order valence-electron chi connectivity index (χ1n) is 6.44. The highest BCUT2D eigenvalue weighted by Gasteiger charge is 2.16. The molecule has 0 heterocycles. The second-order valence-electron chi connectivity index (χ2n) is 4.73. The van der Waals surface area contributed by atoms with E-state index in [4.69, 9.17) is 0 Å². The lowest BCUT2D eigenvalue weighted by Crippen LogP contribution is -2.20. The maximum Gasteiger partial charge on any atom is 0.159 e. The highest BCUT2D eigenvalue weighted by atomic mass is 19.2. The van der Waals surface area contributed by atoms with Crippen LogP contribution in [0.3, 0.4) is 0 Å². The molecule has 1 unspecified atom stereocenters. The van der Waals surface area contributed by atoms with Crippen LogP contribution >= 0.6 is 0 Å². The monoisotopic (exact) mass is 279 g/mol. The molecule has 0 aromatic heterocycles. The van der Waals surface area contributed by atoms with Gasteiger partial charge in [-0.3, -0.25) is 0 Å². The summed E-state index contributed by atoms with van der Waals surface area (Å²) < 4.78 is 40.0. The Bertz CT molecular complexity index is 584. The first kappa shape index (κ1) is 14.6. The summed E-state index contributed by atoms with van der Waals surface area (Å²) in [5, 5.41) is 3.01. The minimum atomic E-state index is -0.876. The molecule has 0 aliphatic rings. The van der Waals surface area contributed by atoms with Gasteiger partial charge >= 0.3 is 0 Å². The van der Waals surface area contributed by atoms with Crippen molar-refractivity contribution in [2.75, 3.05) is 13.6 Å². The van der Waals surface area contributed by atoms with E-state index in [9.17, 15) is 13.2 Å². The van der Waals surface area contributed by atoms with Crippen LogP contribution in [-0.4, -0.2) is 13.6 Å². The lowest BCUT2D eigenvalue weighted by Gasteiger charge is -2.18. The van der Waals surface area contributed by atoms with Crippen LogP contribution < -0.4 is 5.32 Å². The Hall–Kier alpha value is -1.81. The van der Waals surface area contributed by atoms with Gasteiger partial charge in [-0.1, -0.05) is 24.3 Å². The molecular formula is C16H16F3N. The van der Waals surface area contributed by atoms with E-state index in [0.717, 1.165) is 6.07 Å². The smallest absolute Gasteiger partial charge is 0.159 e. The summed E-state index contributed by atoms with van der Waals surface area (Å²) in [6.45, 7) is 0.555. The molecule has 0 fully saturated rings. The average Bonchev–Trinajstić information content (AvgIpc) is 2.43. The molecule has 1 N–H and O–H groups in total. The van der Waals surface area contributed by atoms with Crippen LogP contribution in [-0.2, 0) is 6.42 Å². The van der Waals surface area contributed by atoms with Crippen molar-refractivity contribution in [1.29, 1.82) is 0 Å². The Labute approximate surface area is 116 Å². The second-order valence-corrected chi connectivity index (χ2v) is 4.73. The molecule has 0 bridgehead atoms. The SMILES string of the molecule is CNCC(Cc1ccc(F)c(F)c1)c1ccccc1F. The molecule has 0 aliphatic heterocycles. The van der Waals surface area contributed by atoms with Gasteiger partial charge in [-0.25, -0.2) is 13.2 Å². The number of nitrogens with one attached hydrogen (secondary N) is 1. The number of hydrogen-bond donors (Lipinski definition) is 1. The van der Waals surface area contributed by atoms with Crippen LogP contribution in [0.25, 0.3) is 0 Å². The summed E-state index contributed by atoms with van der Waals surface area (Å²) in [6.07, 6.45) is 0.443. The highest BCUT2D eigenvalue weighted by Crippen LogP contribution is 2.23. The topological polar surface area (TPSA) is 12.0 Å². The molecule has 2 aromatic carbocycles. The maximum atomic E-state index is 13.8. The molecule has 1 atom stereocenters. The first-order valence-corrected chi connectivity index (χ1v) is 6.44. The molecule has 0 aliphatic carbocycles. The Morgan fingerprint density at radius 2 is 1.70 bits per heavy atom. The lowest BCUT2D eigenvalue weighted by atomic mass is 9.91. The van der Waals surface area contributed by atoms with Crippen molar-refractivity contribution in [3.63, 3.8) is 0 Å². The van der Waals surface area contributed by atoms with Crippen molar-refractivity contribution < 1.29 is 13.2 Å². The normalized spacial score (nSPS) is 12.4. The second kappa shape index (κ2) is 6.57. The van der Waals surface area contributed by atoms with Gasteiger partial charge in [-0.05, 0) is 42.8 Å². The minimum absolute atomic E-state index is 0.133. The van der Waals surface area contributed by atoms with Gasteiger partial charge in [0.25, 0.3) is 0 Å². The number of halogens is 3. The Morgan fingerprint density at radius 1 is 0.950 bits per heavy atom. The van der Waals surface area contributed by atoms with E-state index >= 15 is 0 Å². The van der Waals surface area contributed by atoms with Crippen LogP contribution in [0, 0.1) is 17.5 Å². The van der Waals surface area contributed by atoms with Crippen LogP contribution in [0.1, 0.15) is 17.0 Å². The van der Waals surface area contributed by atoms with Crippen molar-refractivity contribution in [1.82, 2.24) is 5.32 Å². The molecular weight excluding hydrogens is 263 g/mol. The first-order chi connectivity index (χ1) is 9.61. The van der Waals surface area contributed by atoms with Crippen LogP contribution in [0.2, 0.25) is 0 Å². The number of benzene rings is 2. The van der Waals surface area contributed by atoms with E-state index in [-0.39, 0.29) is 11.7 Å². The van der Waals surface area contributed by atoms with Gasteiger partial charge < -0.3 is 5.32 Å². The highest BCUT2D eigenvalue weighted by molar-refractivity contribution is 5.26. The predicted molar refractivity (Wildman–Crippen MR) is 73.1 cm³/mol. The third-order valence-electron chi connectivity index (χ3n) is 3.26. The summed E-state index contributed by atoms with van der Waals surface area (Å²) in [6, 6.07) is 10.3. The summed E-state index contributed by atoms with van der Waals surface area (Å²) in [5.41, 5.74) is 1.22. The van der Waals surface area contributed by atoms with Gasteiger partial charge in [-0.2, -0.15) is 0 Å². The molecule has 0 spiro atoms. The quantitative estimate of drug-likeness (QED) is 0.881. The van der Waals surface area contributed by atoms with E-state index in [1.54, 1.807) is 25.2 Å². The summed E-state index contributed by atoms with van der Waals surface area (Å²) in [4.78, 5) is 0. The Kier molecular flexibility index (Phi) is 4.79. The molecule has 0 amide bonds. The minimum Gasteiger partial charge on any atom is -0.319 e. The van der Waals surface area contributed by atoms with Gasteiger partial charge in [0.1, 0.15) is 5.82 Å². The Balaban J connectivity index is 2.25. The van der Waals surface area contributed by atoms with Gasteiger partial charge in [0.05, 0.1) is 0 Å². The summed E-state index contributed by atoms with van der Waals surface area (Å²) in [7, 11) is 1.78. The molecule has 2 rings (SSSR count). The van der Waals surface area contributed by atoms with Gasteiger partial charge in [-0.15, -0.1) is 0 Å². The van der Waals surface area contributed by atoms with Gasteiger partial charge in [0, 0.05) is 12.5 Å². The standard InChI is InChI=1S/C16H16F3N/c1-20-10-12(13-4-2-3-5-14(13)17)8-11-6-7-15(18)16(19)9-11/h2-7,9,12,20H,8,10H2,1H3. The average molecular weight is 279 g/mol. The zero-order chi connectivity index (χ0) is 14.5. The van der Waals surface area contributed by atoms with Crippen molar-refractivity contribution in [2.45, 2.75) is 12.3 Å². The molecule has 0 saturated heterocycles. The maximum absolute atomic E-state index is 13.8. The van der Waals surface area contributed by atoms with Crippen molar-refractivity contribution in [3.05, 3.63) is 71.0 Å². The molecule has 4 heteroatoms. The molecule has 0 radical (unpaired) electrons. The number of hydrogen-bond acceptors (Lipinski definition) is 1. The van der Waals surface area contributed by atoms with E-state index in [0.29, 0.717) is 24.1 Å². The van der Waals surface area contributed by atoms with Gasteiger partial charge in [0.2, 0.25) is 0 Å². The fraction of sp³-hybridized carbons (Fsp3) is 0.250. The van der Waals surface area contributed by atoms with Crippen molar-refractivity contribution in [3.8, 4) is 0 Å². The third-order valence-corrected chi connectivity index (χ3v) is 3.26. The summed E-state index contributed by atoms with van der Waals surface area (Å²) >= 11 is 0. The molecule has 0 saturated carbocycles.